The molecule has 2 rings (SSSR count). The van der Waals surface area contributed by atoms with Crippen LogP contribution < -0.4 is 10.6 Å². The minimum Gasteiger partial charge on any atom is -0.396 e. The molecule has 1 saturated heterocycles. The first-order valence-corrected chi connectivity index (χ1v) is 5.10. The lowest BCUT2D eigenvalue weighted by atomic mass is 10.1. The van der Waals surface area contributed by atoms with Gasteiger partial charge in [0.05, 0.1) is 30.2 Å². The third-order valence-electron chi connectivity index (χ3n) is 2.62. The van der Waals surface area contributed by atoms with E-state index in [1.165, 1.54) is 6.07 Å². The summed E-state index contributed by atoms with van der Waals surface area (Å²) in [6.07, 6.45) is 5.36. The third-order valence-corrected chi connectivity index (χ3v) is 2.62. The number of morpholine rings is 1. The van der Waals surface area contributed by atoms with Gasteiger partial charge in [-0.2, -0.15) is 0 Å². The Bertz CT molecular complexity index is 433. The van der Waals surface area contributed by atoms with Gasteiger partial charge in [0.15, 0.2) is 0 Å². The number of hydrogen-bond acceptors (Lipinski definition) is 3. The highest BCUT2D eigenvalue weighted by molar-refractivity contribution is 5.66. The summed E-state index contributed by atoms with van der Waals surface area (Å²) in [4.78, 5) is 2.06. The van der Waals surface area contributed by atoms with Gasteiger partial charge in [0.1, 0.15) is 5.82 Å². The van der Waals surface area contributed by atoms with Crippen LogP contribution in [0.4, 0.5) is 15.8 Å². The van der Waals surface area contributed by atoms with Crippen LogP contribution in [0.2, 0.25) is 0 Å². The summed E-state index contributed by atoms with van der Waals surface area (Å²) in [5.74, 6) is 2.02. The van der Waals surface area contributed by atoms with Crippen LogP contribution in [0.15, 0.2) is 12.1 Å². The fraction of sp³-hybridized carbons (Fsp3) is 0.333. The summed E-state index contributed by atoms with van der Waals surface area (Å²) in [6, 6.07) is 2.90. The van der Waals surface area contributed by atoms with Crippen molar-refractivity contribution in [2.24, 2.45) is 0 Å². The molecule has 0 aromatic heterocycles. The molecule has 1 fully saturated rings. The maximum absolute atomic E-state index is 13.2. The van der Waals surface area contributed by atoms with Crippen LogP contribution >= 0.6 is 0 Å². The average molecular weight is 220 g/mol. The minimum absolute atomic E-state index is 0.125. The number of terminal acetylenes is 1. The summed E-state index contributed by atoms with van der Waals surface area (Å²) in [5, 5.41) is 0. The van der Waals surface area contributed by atoms with Crippen LogP contribution in [0.25, 0.3) is 0 Å². The molecule has 4 heteroatoms. The van der Waals surface area contributed by atoms with Crippen molar-refractivity contribution < 1.29 is 9.13 Å². The molecule has 0 unspecified atom stereocenters. The normalized spacial score (nSPS) is 15.9. The van der Waals surface area contributed by atoms with E-state index in [-0.39, 0.29) is 5.69 Å². The number of nitrogens with zero attached hydrogens (tertiary/aromatic N) is 1. The zero-order valence-corrected chi connectivity index (χ0v) is 8.87. The molecule has 1 aliphatic rings. The van der Waals surface area contributed by atoms with E-state index < -0.39 is 5.82 Å². The van der Waals surface area contributed by atoms with E-state index in [0.717, 1.165) is 18.8 Å². The molecule has 0 atom stereocenters. The monoisotopic (exact) mass is 220 g/mol. The number of rotatable bonds is 1. The average Bonchev–Trinajstić information content (AvgIpc) is 2.33. The molecule has 3 nitrogen and oxygen atoms in total. The second-order valence-electron chi connectivity index (χ2n) is 3.63. The van der Waals surface area contributed by atoms with Crippen molar-refractivity contribution in [1.29, 1.82) is 0 Å². The number of benzene rings is 1. The molecule has 2 N–H and O–H groups in total. The van der Waals surface area contributed by atoms with Gasteiger partial charge in [-0.15, -0.1) is 6.42 Å². The highest BCUT2D eigenvalue weighted by Crippen LogP contribution is 2.26. The van der Waals surface area contributed by atoms with E-state index >= 15 is 0 Å². The Morgan fingerprint density at radius 1 is 1.38 bits per heavy atom. The Morgan fingerprint density at radius 3 is 2.69 bits per heavy atom. The highest BCUT2D eigenvalue weighted by atomic mass is 19.1. The molecule has 1 aliphatic heterocycles. The first-order valence-electron chi connectivity index (χ1n) is 5.10. The Morgan fingerprint density at radius 2 is 2.06 bits per heavy atom. The summed E-state index contributed by atoms with van der Waals surface area (Å²) >= 11 is 0. The summed E-state index contributed by atoms with van der Waals surface area (Å²) in [6.45, 7) is 2.81. The van der Waals surface area contributed by atoms with Gasteiger partial charge in [-0.3, -0.25) is 0 Å². The molecule has 0 spiro atoms. The molecule has 1 aromatic carbocycles. The quantitative estimate of drug-likeness (QED) is 0.571. The maximum Gasteiger partial charge on any atom is 0.147 e. The van der Waals surface area contributed by atoms with Crippen molar-refractivity contribution in [2.45, 2.75) is 0 Å². The predicted molar refractivity (Wildman–Crippen MR) is 61.8 cm³/mol. The smallest absolute Gasteiger partial charge is 0.147 e. The van der Waals surface area contributed by atoms with E-state index in [1.54, 1.807) is 6.07 Å². The van der Waals surface area contributed by atoms with E-state index in [1.807, 2.05) is 0 Å². The van der Waals surface area contributed by atoms with Gasteiger partial charge < -0.3 is 15.4 Å². The second kappa shape index (κ2) is 4.42. The first-order chi connectivity index (χ1) is 7.72. The summed E-state index contributed by atoms with van der Waals surface area (Å²) in [5.41, 5.74) is 7.02. The summed E-state index contributed by atoms with van der Waals surface area (Å²) in [7, 11) is 0. The first kappa shape index (κ1) is 10.8. The molecular weight excluding hydrogens is 207 g/mol. The van der Waals surface area contributed by atoms with Crippen LogP contribution in [0.3, 0.4) is 0 Å². The lowest BCUT2D eigenvalue weighted by Gasteiger charge is -2.30. The van der Waals surface area contributed by atoms with Gasteiger partial charge >= 0.3 is 0 Å². The van der Waals surface area contributed by atoms with Crippen molar-refractivity contribution >= 4 is 11.4 Å². The Balaban J connectivity index is 2.38. The van der Waals surface area contributed by atoms with Gasteiger partial charge in [0, 0.05) is 13.1 Å². The van der Waals surface area contributed by atoms with Crippen LogP contribution in [-0.4, -0.2) is 26.3 Å². The lowest BCUT2D eigenvalue weighted by molar-refractivity contribution is 0.122. The Hall–Kier alpha value is -1.73. The summed E-state index contributed by atoms with van der Waals surface area (Å²) < 4.78 is 18.5. The van der Waals surface area contributed by atoms with Crippen LogP contribution in [0.5, 0.6) is 0 Å². The van der Waals surface area contributed by atoms with E-state index in [9.17, 15) is 4.39 Å². The van der Waals surface area contributed by atoms with Crippen molar-refractivity contribution in [3.8, 4) is 12.3 Å². The molecule has 1 aromatic rings. The van der Waals surface area contributed by atoms with Crippen LogP contribution in [0.1, 0.15) is 5.56 Å². The van der Waals surface area contributed by atoms with Crippen LogP contribution in [-0.2, 0) is 4.74 Å². The van der Waals surface area contributed by atoms with Crippen molar-refractivity contribution in [2.75, 3.05) is 36.9 Å². The van der Waals surface area contributed by atoms with E-state index in [0.29, 0.717) is 18.8 Å². The van der Waals surface area contributed by atoms with Crippen molar-refractivity contribution in [3.05, 3.63) is 23.5 Å². The number of nitrogens with two attached hydrogens (primary N) is 1. The number of anilines is 2. The maximum atomic E-state index is 13.2. The predicted octanol–water partition coefficient (Wildman–Crippen LogP) is 1.23. The molecule has 84 valence electrons. The molecule has 16 heavy (non-hydrogen) atoms. The molecule has 0 aliphatic carbocycles. The molecule has 0 amide bonds. The van der Waals surface area contributed by atoms with Gasteiger partial charge in [-0.05, 0) is 12.1 Å². The molecule has 0 saturated carbocycles. The number of nitrogen functional groups attached to an aromatic ring is 1. The SMILES string of the molecule is C#Cc1cc(F)c(N)cc1N1CCOCC1. The standard InChI is InChI=1S/C12H13FN2O/c1-2-9-7-10(13)11(14)8-12(9)15-3-5-16-6-4-15/h1,7-8H,3-6,14H2. The Labute approximate surface area is 94.0 Å². The van der Waals surface area contributed by atoms with Gasteiger partial charge in [-0.1, -0.05) is 5.92 Å². The number of halogens is 1. The van der Waals surface area contributed by atoms with Crippen molar-refractivity contribution in [3.63, 3.8) is 0 Å². The van der Waals surface area contributed by atoms with Gasteiger partial charge in [0.25, 0.3) is 0 Å². The number of ether oxygens (including phenoxy) is 1. The van der Waals surface area contributed by atoms with E-state index in [2.05, 4.69) is 10.8 Å². The molecule has 0 bridgehead atoms. The Kier molecular flexibility index (Phi) is 2.97. The zero-order chi connectivity index (χ0) is 11.5. The fourth-order valence-corrected chi connectivity index (χ4v) is 1.76. The van der Waals surface area contributed by atoms with E-state index in [4.69, 9.17) is 16.9 Å². The van der Waals surface area contributed by atoms with Crippen LogP contribution in [0, 0.1) is 18.2 Å². The fourth-order valence-electron chi connectivity index (χ4n) is 1.76. The molecule has 1 heterocycles. The largest absolute Gasteiger partial charge is 0.396 e. The minimum atomic E-state index is -0.468. The van der Waals surface area contributed by atoms with Gasteiger partial charge in [0.2, 0.25) is 0 Å². The topological polar surface area (TPSA) is 38.5 Å². The van der Waals surface area contributed by atoms with Gasteiger partial charge in [-0.25, -0.2) is 4.39 Å². The zero-order valence-electron chi connectivity index (χ0n) is 8.87. The molecule has 0 radical (unpaired) electrons. The molecular formula is C12H13FN2O. The number of hydrogen-bond donors (Lipinski definition) is 1. The highest BCUT2D eigenvalue weighted by Gasteiger charge is 2.16. The van der Waals surface area contributed by atoms with Crippen molar-refractivity contribution in [1.82, 2.24) is 0 Å². The second-order valence-corrected chi connectivity index (χ2v) is 3.63. The third kappa shape index (κ3) is 1.95. The lowest BCUT2D eigenvalue weighted by Crippen LogP contribution is -2.36.